The first kappa shape index (κ1) is 11.6. The fourth-order valence-corrected chi connectivity index (χ4v) is 2.11. The summed E-state index contributed by atoms with van der Waals surface area (Å²) >= 11 is 0. The highest BCUT2D eigenvalue weighted by atomic mass is 15.0. The molecule has 0 amide bonds. The zero-order chi connectivity index (χ0) is 11.5. The SMILES string of the molecule is Cc1cc(C)c(CNCC2CNC2)cc1C. The smallest absolute Gasteiger partial charge is 0.0208 e. The average Bonchev–Trinajstić information content (AvgIpc) is 2.17. The van der Waals surface area contributed by atoms with Crippen molar-refractivity contribution in [2.45, 2.75) is 27.3 Å². The number of hydrogen-bond donors (Lipinski definition) is 2. The van der Waals surface area contributed by atoms with E-state index >= 15 is 0 Å². The molecule has 16 heavy (non-hydrogen) atoms. The van der Waals surface area contributed by atoms with Gasteiger partial charge in [0, 0.05) is 26.2 Å². The summed E-state index contributed by atoms with van der Waals surface area (Å²) in [5.41, 5.74) is 5.63. The van der Waals surface area contributed by atoms with Gasteiger partial charge >= 0.3 is 0 Å². The lowest BCUT2D eigenvalue weighted by molar-refractivity contribution is 0.331. The molecule has 1 heterocycles. The number of hydrogen-bond acceptors (Lipinski definition) is 2. The van der Waals surface area contributed by atoms with Crippen LogP contribution in [-0.4, -0.2) is 19.6 Å². The fraction of sp³-hybridized carbons (Fsp3) is 0.571. The van der Waals surface area contributed by atoms with Crippen LogP contribution in [0.3, 0.4) is 0 Å². The van der Waals surface area contributed by atoms with Crippen molar-refractivity contribution in [3.63, 3.8) is 0 Å². The summed E-state index contributed by atoms with van der Waals surface area (Å²) in [5, 5.41) is 6.85. The summed E-state index contributed by atoms with van der Waals surface area (Å²) < 4.78 is 0. The molecule has 0 aromatic heterocycles. The third-order valence-corrected chi connectivity index (χ3v) is 3.57. The minimum Gasteiger partial charge on any atom is -0.316 e. The van der Waals surface area contributed by atoms with Crippen LogP contribution in [0.15, 0.2) is 12.1 Å². The normalized spacial score (nSPS) is 16.2. The zero-order valence-electron chi connectivity index (χ0n) is 10.6. The maximum atomic E-state index is 3.55. The molecular weight excluding hydrogens is 196 g/mol. The van der Waals surface area contributed by atoms with Crippen LogP contribution in [0, 0.1) is 26.7 Å². The van der Waals surface area contributed by atoms with E-state index in [0.29, 0.717) is 0 Å². The highest BCUT2D eigenvalue weighted by Crippen LogP contribution is 2.15. The standard InChI is InChI=1S/C14H22N2/c1-10-4-12(3)14(5-11(10)2)9-16-8-13-6-15-7-13/h4-5,13,15-16H,6-9H2,1-3H3. The molecule has 0 radical (unpaired) electrons. The van der Waals surface area contributed by atoms with Gasteiger partial charge in [-0.15, -0.1) is 0 Å². The van der Waals surface area contributed by atoms with Crippen LogP contribution in [-0.2, 0) is 6.54 Å². The number of benzene rings is 1. The van der Waals surface area contributed by atoms with Crippen molar-refractivity contribution >= 4 is 0 Å². The summed E-state index contributed by atoms with van der Waals surface area (Å²) in [6.45, 7) is 11.1. The van der Waals surface area contributed by atoms with Crippen LogP contribution >= 0.6 is 0 Å². The monoisotopic (exact) mass is 218 g/mol. The van der Waals surface area contributed by atoms with Crippen LogP contribution in [0.1, 0.15) is 22.3 Å². The van der Waals surface area contributed by atoms with Gasteiger partial charge in [-0.2, -0.15) is 0 Å². The van der Waals surface area contributed by atoms with Gasteiger partial charge < -0.3 is 10.6 Å². The fourth-order valence-electron chi connectivity index (χ4n) is 2.11. The molecule has 0 spiro atoms. The van der Waals surface area contributed by atoms with Gasteiger partial charge in [0.15, 0.2) is 0 Å². The molecule has 0 aliphatic carbocycles. The lowest BCUT2D eigenvalue weighted by atomic mass is 10.00. The molecule has 2 N–H and O–H groups in total. The minimum absolute atomic E-state index is 0.840. The lowest BCUT2D eigenvalue weighted by Crippen LogP contribution is -2.47. The Morgan fingerprint density at radius 1 is 1.12 bits per heavy atom. The molecule has 1 aliphatic heterocycles. The molecule has 0 saturated carbocycles. The van der Waals surface area contributed by atoms with Crippen molar-refractivity contribution in [1.82, 2.24) is 10.6 Å². The van der Waals surface area contributed by atoms with E-state index in [1.54, 1.807) is 0 Å². The second-order valence-corrected chi connectivity index (χ2v) is 5.02. The molecule has 0 bridgehead atoms. The third-order valence-electron chi connectivity index (χ3n) is 3.57. The van der Waals surface area contributed by atoms with Crippen LogP contribution in [0.5, 0.6) is 0 Å². The van der Waals surface area contributed by atoms with Crippen molar-refractivity contribution in [3.8, 4) is 0 Å². The zero-order valence-corrected chi connectivity index (χ0v) is 10.6. The Labute approximate surface area is 98.4 Å². The first-order chi connectivity index (χ1) is 7.66. The molecule has 88 valence electrons. The Bertz CT molecular complexity index is 367. The lowest BCUT2D eigenvalue weighted by Gasteiger charge is -2.27. The van der Waals surface area contributed by atoms with E-state index < -0.39 is 0 Å². The largest absolute Gasteiger partial charge is 0.316 e. The summed E-state index contributed by atoms with van der Waals surface area (Å²) in [4.78, 5) is 0. The molecule has 1 aromatic rings. The van der Waals surface area contributed by atoms with Crippen LogP contribution < -0.4 is 10.6 Å². The summed E-state index contributed by atoms with van der Waals surface area (Å²) in [6, 6.07) is 4.61. The Kier molecular flexibility index (Phi) is 3.62. The van der Waals surface area contributed by atoms with E-state index in [1.165, 1.54) is 35.3 Å². The first-order valence-corrected chi connectivity index (χ1v) is 6.15. The molecule has 1 fully saturated rings. The van der Waals surface area contributed by atoms with Crippen LogP contribution in [0.2, 0.25) is 0 Å². The van der Waals surface area contributed by atoms with Crippen molar-refractivity contribution in [2.24, 2.45) is 5.92 Å². The molecule has 2 rings (SSSR count). The Balaban J connectivity index is 1.90. The van der Waals surface area contributed by atoms with Gasteiger partial charge in [-0.3, -0.25) is 0 Å². The topological polar surface area (TPSA) is 24.1 Å². The average molecular weight is 218 g/mol. The van der Waals surface area contributed by atoms with E-state index in [9.17, 15) is 0 Å². The molecule has 0 atom stereocenters. The molecule has 2 heteroatoms. The Morgan fingerprint density at radius 2 is 1.81 bits per heavy atom. The van der Waals surface area contributed by atoms with Crippen molar-refractivity contribution in [3.05, 3.63) is 34.4 Å². The van der Waals surface area contributed by atoms with Gasteiger partial charge in [-0.25, -0.2) is 0 Å². The van der Waals surface area contributed by atoms with Crippen LogP contribution in [0.4, 0.5) is 0 Å². The van der Waals surface area contributed by atoms with Crippen molar-refractivity contribution in [1.29, 1.82) is 0 Å². The minimum atomic E-state index is 0.840. The second-order valence-electron chi connectivity index (χ2n) is 5.02. The van der Waals surface area contributed by atoms with E-state index in [1.807, 2.05) is 0 Å². The Morgan fingerprint density at radius 3 is 2.44 bits per heavy atom. The maximum Gasteiger partial charge on any atom is 0.0208 e. The number of nitrogens with one attached hydrogen (secondary N) is 2. The summed E-state index contributed by atoms with van der Waals surface area (Å²) in [6.07, 6.45) is 0. The van der Waals surface area contributed by atoms with Crippen molar-refractivity contribution in [2.75, 3.05) is 19.6 Å². The van der Waals surface area contributed by atoms with E-state index in [4.69, 9.17) is 0 Å². The van der Waals surface area contributed by atoms with Gasteiger partial charge in [0.25, 0.3) is 0 Å². The van der Waals surface area contributed by atoms with E-state index in [-0.39, 0.29) is 0 Å². The van der Waals surface area contributed by atoms with Gasteiger partial charge in [0.2, 0.25) is 0 Å². The van der Waals surface area contributed by atoms with Gasteiger partial charge in [0.05, 0.1) is 0 Å². The van der Waals surface area contributed by atoms with E-state index in [2.05, 4.69) is 43.5 Å². The first-order valence-electron chi connectivity index (χ1n) is 6.15. The Hall–Kier alpha value is -0.860. The molecular formula is C14H22N2. The van der Waals surface area contributed by atoms with Crippen molar-refractivity contribution < 1.29 is 0 Å². The highest BCUT2D eigenvalue weighted by molar-refractivity contribution is 5.36. The van der Waals surface area contributed by atoms with Gasteiger partial charge in [-0.1, -0.05) is 12.1 Å². The number of aryl methyl sites for hydroxylation is 3. The maximum absolute atomic E-state index is 3.55. The molecule has 2 nitrogen and oxygen atoms in total. The summed E-state index contributed by atoms with van der Waals surface area (Å²) in [7, 11) is 0. The van der Waals surface area contributed by atoms with Gasteiger partial charge in [0.1, 0.15) is 0 Å². The van der Waals surface area contributed by atoms with Gasteiger partial charge in [-0.05, 0) is 48.9 Å². The molecule has 1 aromatic carbocycles. The third kappa shape index (κ3) is 2.63. The highest BCUT2D eigenvalue weighted by Gasteiger charge is 2.15. The van der Waals surface area contributed by atoms with Crippen LogP contribution in [0.25, 0.3) is 0 Å². The van der Waals surface area contributed by atoms with E-state index in [0.717, 1.165) is 19.0 Å². The molecule has 0 unspecified atom stereocenters. The molecule has 1 aliphatic rings. The number of rotatable bonds is 4. The second kappa shape index (κ2) is 4.98. The predicted octanol–water partition coefficient (Wildman–Crippen LogP) is 1.92. The quantitative estimate of drug-likeness (QED) is 0.807. The molecule has 1 saturated heterocycles. The summed E-state index contributed by atoms with van der Waals surface area (Å²) in [5.74, 6) is 0.840. The predicted molar refractivity (Wildman–Crippen MR) is 68.7 cm³/mol.